The third kappa shape index (κ3) is 3.13. The highest BCUT2D eigenvalue weighted by molar-refractivity contribution is 5.81. The Kier molecular flexibility index (Phi) is 4.59. The predicted octanol–water partition coefficient (Wildman–Crippen LogP) is 3.48. The molecule has 1 atom stereocenters. The van der Waals surface area contributed by atoms with Crippen LogP contribution in [0.1, 0.15) is 57.2 Å². The molecule has 0 radical (unpaired) electrons. The molecule has 2 aliphatic rings. The van der Waals surface area contributed by atoms with E-state index in [0.29, 0.717) is 12.6 Å². The average molecular weight is 286 g/mol. The van der Waals surface area contributed by atoms with Gasteiger partial charge in [-0.2, -0.15) is 0 Å². The molecule has 1 heterocycles. The van der Waals surface area contributed by atoms with Crippen LogP contribution in [-0.2, 0) is 4.79 Å². The first-order chi connectivity index (χ1) is 10.3. The van der Waals surface area contributed by atoms with Gasteiger partial charge >= 0.3 is 0 Å². The standard InChI is InChI=1S/C18H26N2O/c1-2-6-14-9-11-16(12-10-14)20-17(21)13-19-18(20)15-7-4-3-5-8-15/h3-5,7-8,14,16,18-19H,2,6,9-13H2,1H3. The van der Waals surface area contributed by atoms with Crippen molar-refractivity contribution >= 4 is 5.91 Å². The minimum atomic E-state index is 0.0754. The van der Waals surface area contributed by atoms with E-state index < -0.39 is 0 Å². The summed E-state index contributed by atoms with van der Waals surface area (Å²) in [5.74, 6) is 1.15. The molecule has 3 rings (SSSR count). The number of nitrogens with zero attached hydrogens (tertiary/aromatic N) is 1. The van der Waals surface area contributed by atoms with E-state index in [-0.39, 0.29) is 12.1 Å². The normalized spacial score (nSPS) is 29.9. The van der Waals surface area contributed by atoms with Gasteiger partial charge < -0.3 is 4.90 Å². The maximum Gasteiger partial charge on any atom is 0.238 e. The number of amides is 1. The van der Waals surface area contributed by atoms with Crippen LogP contribution in [-0.4, -0.2) is 23.4 Å². The summed E-state index contributed by atoms with van der Waals surface area (Å²) >= 11 is 0. The minimum absolute atomic E-state index is 0.0754. The molecule has 1 aliphatic heterocycles. The van der Waals surface area contributed by atoms with Gasteiger partial charge in [0.1, 0.15) is 6.17 Å². The average Bonchev–Trinajstić information content (AvgIpc) is 2.91. The number of hydrogen-bond donors (Lipinski definition) is 1. The molecule has 1 saturated carbocycles. The van der Waals surface area contributed by atoms with Gasteiger partial charge in [-0.15, -0.1) is 0 Å². The van der Waals surface area contributed by atoms with E-state index in [1.165, 1.54) is 44.1 Å². The Morgan fingerprint density at radius 1 is 1.14 bits per heavy atom. The van der Waals surface area contributed by atoms with E-state index in [0.717, 1.165) is 5.92 Å². The van der Waals surface area contributed by atoms with Gasteiger partial charge in [0.2, 0.25) is 5.91 Å². The Bertz CT molecular complexity index is 465. The van der Waals surface area contributed by atoms with Gasteiger partial charge in [0, 0.05) is 6.04 Å². The molecule has 2 fully saturated rings. The maximum absolute atomic E-state index is 12.3. The van der Waals surface area contributed by atoms with E-state index >= 15 is 0 Å². The Hall–Kier alpha value is -1.35. The molecule has 1 unspecified atom stereocenters. The molecule has 1 aromatic rings. The highest BCUT2D eigenvalue weighted by Crippen LogP contribution is 2.35. The second kappa shape index (κ2) is 6.61. The van der Waals surface area contributed by atoms with E-state index in [1.54, 1.807) is 0 Å². The summed E-state index contributed by atoms with van der Waals surface area (Å²) in [6.45, 7) is 2.75. The molecule has 3 nitrogen and oxygen atoms in total. The third-order valence-corrected chi connectivity index (χ3v) is 5.03. The first-order valence-corrected chi connectivity index (χ1v) is 8.39. The van der Waals surface area contributed by atoms with Crippen molar-refractivity contribution in [3.05, 3.63) is 35.9 Å². The fourth-order valence-corrected chi connectivity index (χ4v) is 3.97. The zero-order chi connectivity index (χ0) is 14.7. The number of carbonyl (C=O) groups is 1. The van der Waals surface area contributed by atoms with Crippen LogP contribution in [0, 0.1) is 5.92 Å². The summed E-state index contributed by atoms with van der Waals surface area (Å²) in [4.78, 5) is 14.5. The van der Waals surface area contributed by atoms with Crippen molar-refractivity contribution < 1.29 is 4.79 Å². The van der Waals surface area contributed by atoms with Gasteiger partial charge in [-0.05, 0) is 37.2 Å². The summed E-state index contributed by atoms with van der Waals surface area (Å²) in [6.07, 6.45) is 7.61. The number of rotatable bonds is 4. The van der Waals surface area contributed by atoms with Gasteiger partial charge in [0.25, 0.3) is 0 Å². The SMILES string of the molecule is CCCC1CCC(N2C(=O)CNC2c2ccccc2)CC1. The second-order valence-electron chi connectivity index (χ2n) is 6.46. The van der Waals surface area contributed by atoms with E-state index in [2.05, 4.69) is 41.4 Å². The fourth-order valence-electron chi connectivity index (χ4n) is 3.97. The van der Waals surface area contributed by atoms with Crippen LogP contribution in [0.4, 0.5) is 0 Å². The zero-order valence-corrected chi connectivity index (χ0v) is 12.9. The largest absolute Gasteiger partial charge is 0.319 e. The van der Waals surface area contributed by atoms with Gasteiger partial charge in [-0.25, -0.2) is 0 Å². The summed E-state index contributed by atoms with van der Waals surface area (Å²) in [7, 11) is 0. The summed E-state index contributed by atoms with van der Waals surface area (Å²) in [5, 5.41) is 3.38. The Labute approximate surface area is 127 Å². The van der Waals surface area contributed by atoms with Crippen molar-refractivity contribution in [1.82, 2.24) is 10.2 Å². The number of carbonyl (C=O) groups excluding carboxylic acids is 1. The van der Waals surface area contributed by atoms with Crippen LogP contribution >= 0.6 is 0 Å². The second-order valence-corrected chi connectivity index (χ2v) is 6.46. The van der Waals surface area contributed by atoms with Crippen molar-refractivity contribution in [3.63, 3.8) is 0 Å². The zero-order valence-electron chi connectivity index (χ0n) is 12.9. The maximum atomic E-state index is 12.3. The van der Waals surface area contributed by atoms with Gasteiger partial charge in [-0.1, -0.05) is 50.1 Å². The lowest BCUT2D eigenvalue weighted by Gasteiger charge is -2.37. The number of nitrogens with one attached hydrogen (secondary N) is 1. The topological polar surface area (TPSA) is 32.3 Å². The van der Waals surface area contributed by atoms with Gasteiger partial charge in [0.15, 0.2) is 0 Å². The predicted molar refractivity (Wildman–Crippen MR) is 84.7 cm³/mol. The van der Waals surface area contributed by atoms with Crippen molar-refractivity contribution in [2.24, 2.45) is 5.92 Å². The van der Waals surface area contributed by atoms with Crippen LogP contribution in [0.3, 0.4) is 0 Å². The molecule has 1 aromatic carbocycles. The highest BCUT2D eigenvalue weighted by Gasteiger charge is 2.38. The van der Waals surface area contributed by atoms with Crippen LogP contribution < -0.4 is 5.32 Å². The van der Waals surface area contributed by atoms with Gasteiger partial charge in [-0.3, -0.25) is 10.1 Å². The third-order valence-electron chi connectivity index (χ3n) is 5.03. The Morgan fingerprint density at radius 2 is 1.86 bits per heavy atom. The molecule has 114 valence electrons. The molecule has 21 heavy (non-hydrogen) atoms. The van der Waals surface area contributed by atoms with Crippen molar-refractivity contribution in [3.8, 4) is 0 Å². The molecule has 1 saturated heterocycles. The smallest absolute Gasteiger partial charge is 0.238 e. The van der Waals surface area contributed by atoms with Crippen molar-refractivity contribution in [1.29, 1.82) is 0 Å². The van der Waals surface area contributed by atoms with Crippen LogP contribution in [0.15, 0.2) is 30.3 Å². The first kappa shape index (κ1) is 14.6. The quantitative estimate of drug-likeness (QED) is 0.919. The molecule has 0 bridgehead atoms. The van der Waals surface area contributed by atoms with Gasteiger partial charge in [0.05, 0.1) is 6.54 Å². The minimum Gasteiger partial charge on any atom is -0.319 e. The molecule has 0 aromatic heterocycles. The summed E-state index contributed by atoms with van der Waals surface area (Å²) < 4.78 is 0. The molecular weight excluding hydrogens is 260 g/mol. The van der Waals surface area contributed by atoms with Crippen LogP contribution in [0.25, 0.3) is 0 Å². The summed E-state index contributed by atoms with van der Waals surface area (Å²) in [5.41, 5.74) is 1.21. The molecule has 1 N–H and O–H groups in total. The molecular formula is C18H26N2O. The lowest BCUT2D eigenvalue weighted by atomic mass is 9.82. The Morgan fingerprint density at radius 3 is 2.52 bits per heavy atom. The Balaban J connectivity index is 1.69. The monoisotopic (exact) mass is 286 g/mol. The first-order valence-electron chi connectivity index (χ1n) is 8.39. The molecule has 1 aliphatic carbocycles. The van der Waals surface area contributed by atoms with Crippen LogP contribution in [0.5, 0.6) is 0 Å². The van der Waals surface area contributed by atoms with Crippen molar-refractivity contribution in [2.75, 3.05) is 6.54 Å². The number of hydrogen-bond acceptors (Lipinski definition) is 2. The molecule has 1 amide bonds. The fraction of sp³-hybridized carbons (Fsp3) is 0.611. The lowest BCUT2D eigenvalue weighted by Crippen LogP contribution is -2.41. The highest BCUT2D eigenvalue weighted by atomic mass is 16.2. The van der Waals surface area contributed by atoms with Crippen molar-refractivity contribution in [2.45, 2.75) is 57.7 Å². The molecule has 3 heteroatoms. The van der Waals surface area contributed by atoms with E-state index in [1.807, 2.05) is 6.07 Å². The summed E-state index contributed by atoms with van der Waals surface area (Å²) in [6, 6.07) is 10.8. The number of benzene rings is 1. The molecule has 0 spiro atoms. The van der Waals surface area contributed by atoms with Crippen LogP contribution in [0.2, 0.25) is 0 Å². The van der Waals surface area contributed by atoms with E-state index in [4.69, 9.17) is 0 Å². The van der Waals surface area contributed by atoms with E-state index in [9.17, 15) is 4.79 Å². The lowest BCUT2D eigenvalue weighted by molar-refractivity contribution is -0.131.